The lowest BCUT2D eigenvalue weighted by molar-refractivity contribution is 0.321. The van der Waals surface area contributed by atoms with Gasteiger partial charge < -0.3 is 11.1 Å². The van der Waals surface area contributed by atoms with Crippen LogP contribution in [0.25, 0.3) is 0 Å². The van der Waals surface area contributed by atoms with Crippen molar-refractivity contribution in [3.05, 3.63) is 24.3 Å². The van der Waals surface area contributed by atoms with Crippen LogP contribution in [0.5, 0.6) is 0 Å². The van der Waals surface area contributed by atoms with Gasteiger partial charge in [0.15, 0.2) is 9.84 Å². The molecule has 2 rings (SSSR count). The van der Waals surface area contributed by atoms with Gasteiger partial charge in [0.05, 0.1) is 16.3 Å². The smallest absolute Gasteiger partial charge is 0.180 e. The van der Waals surface area contributed by atoms with E-state index in [1.165, 1.54) is 12.8 Å². The fourth-order valence-electron chi connectivity index (χ4n) is 2.77. The van der Waals surface area contributed by atoms with Crippen LogP contribution in [0.2, 0.25) is 0 Å². The number of nitrogens with two attached hydrogens (primary N) is 1. The summed E-state index contributed by atoms with van der Waals surface area (Å²) < 4.78 is 24.1. The molecule has 2 unspecified atom stereocenters. The molecule has 1 aliphatic carbocycles. The number of anilines is 1. The first kappa shape index (κ1) is 15.3. The first-order valence-corrected chi connectivity index (χ1v) is 9.01. The molecule has 0 radical (unpaired) electrons. The Morgan fingerprint density at radius 1 is 1.25 bits per heavy atom. The average Bonchev–Trinajstić information content (AvgIpc) is 2.47. The molecule has 4 nitrogen and oxygen atoms in total. The van der Waals surface area contributed by atoms with Crippen molar-refractivity contribution in [3.8, 4) is 0 Å². The summed E-state index contributed by atoms with van der Waals surface area (Å²) in [6.07, 6.45) is 4.62. The van der Waals surface area contributed by atoms with Crippen LogP contribution in [0.15, 0.2) is 29.2 Å². The van der Waals surface area contributed by atoms with Crippen molar-refractivity contribution < 1.29 is 8.42 Å². The Labute approximate surface area is 121 Å². The third kappa shape index (κ3) is 3.52. The number of hydrogen-bond donors (Lipinski definition) is 2. The molecule has 0 spiro atoms. The minimum absolute atomic E-state index is 0.120. The summed E-state index contributed by atoms with van der Waals surface area (Å²) in [5.74, 6) is 0.551. The van der Waals surface area contributed by atoms with E-state index in [9.17, 15) is 8.42 Å². The summed E-state index contributed by atoms with van der Waals surface area (Å²) >= 11 is 0. The summed E-state index contributed by atoms with van der Waals surface area (Å²) in [6.45, 7) is 2.42. The second-order valence-corrected chi connectivity index (χ2v) is 7.74. The Balaban J connectivity index is 2.10. The van der Waals surface area contributed by atoms with E-state index >= 15 is 0 Å². The molecule has 1 aromatic carbocycles. The molecule has 1 aromatic rings. The van der Waals surface area contributed by atoms with Gasteiger partial charge in [-0.25, -0.2) is 8.42 Å². The third-order valence-electron chi connectivity index (χ3n) is 4.12. The van der Waals surface area contributed by atoms with E-state index in [0.717, 1.165) is 19.4 Å². The van der Waals surface area contributed by atoms with E-state index in [1.54, 1.807) is 19.1 Å². The Hall–Kier alpha value is -1.07. The fraction of sp³-hybridized carbons (Fsp3) is 0.600. The van der Waals surface area contributed by atoms with E-state index in [1.807, 2.05) is 12.1 Å². The molecule has 0 heterocycles. The molecule has 0 bridgehead atoms. The third-order valence-corrected chi connectivity index (χ3v) is 5.91. The van der Waals surface area contributed by atoms with Crippen LogP contribution in [-0.2, 0) is 9.84 Å². The highest BCUT2D eigenvalue weighted by Crippen LogP contribution is 2.26. The number of para-hydroxylation sites is 1. The minimum atomic E-state index is -3.19. The highest BCUT2D eigenvalue weighted by Gasteiger charge is 2.22. The number of hydrogen-bond acceptors (Lipinski definition) is 4. The molecule has 2 atom stereocenters. The van der Waals surface area contributed by atoms with Gasteiger partial charge in [0.2, 0.25) is 0 Å². The molecule has 3 N–H and O–H groups in total. The Bertz CT molecular complexity index is 543. The van der Waals surface area contributed by atoms with Crippen LogP contribution in [0.4, 0.5) is 5.69 Å². The van der Waals surface area contributed by atoms with Crippen LogP contribution in [0.1, 0.15) is 32.6 Å². The molecule has 1 saturated carbocycles. The molecule has 0 amide bonds. The summed E-state index contributed by atoms with van der Waals surface area (Å²) in [5, 5.41) is 3.29. The second kappa shape index (κ2) is 6.59. The monoisotopic (exact) mass is 296 g/mol. The largest absolute Gasteiger partial charge is 0.384 e. The van der Waals surface area contributed by atoms with Gasteiger partial charge >= 0.3 is 0 Å². The molecule has 0 aromatic heterocycles. The SMILES string of the molecule is CCS(=O)(=O)c1ccccc1NCC1CCCCC1N. The first-order valence-electron chi connectivity index (χ1n) is 7.36. The van der Waals surface area contributed by atoms with Crippen molar-refractivity contribution in [2.24, 2.45) is 11.7 Å². The molecule has 5 heteroatoms. The van der Waals surface area contributed by atoms with Gasteiger partial charge in [-0.1, -0.05) is 31.9 Å². The van der Waals surface area contributed by atoms with Crippen LogP contribution in [-0.4, -0.2) is 26.8 Å². The van der Waals surface area contributed by atoms with E-state index in [4.69, 9.17) is 5.73 Å². The van der Waals surface area contributed by atoms with Crippen molar-refractivity contribution in [1.29, 1.82) is 0 Å². The van der Waals surface area contributed by atoms with Crippen molar-refractivity contribution >= 4 is 15.5 Å². The molecule has 0 aliphatic heterocycles. The Kier molecular flexibility index (Phi) is 5.05. The molecular formula is C15H24N2O2S. The van der Waals surface area contributed by atoms with Gasteiger partial charge in [-0.3, -0.25) is 0 Å². The summed E-state index contributed by atoms with van der Waals surface area (Å²) in [5.41, 5.74) is 6.84. The summed E-state index contributed by atoms with van der Waals surface area (Å²) in [4.78, 5) is 0.395. The van der Waals surface area contributed by atoms with Crippen molar-refractivity contribution in [1.82, 2.24) is 0 Å². The number of rotatable bonds is 5. The zero-order valence-electron chi connectivity index (χ0n) is 12.0. The van der Waals surface area contributed by atoms with Crippen LogP contribution < -0.4 is 11.1 Å². The van der Waals surface area contributed by atoms with Gasteiger partial charge in [0.25, 0.3) is 0 Å². The summed E-state index contributed by atoms with van der Waals surface area (Å²) in [6, 6.07) is 7.35. The van der Waals surface area contributed by atoms with Crippen molar-refractivity contribution in [2.45, 2.75) is 43.5 Å². The standard InChI is InChI=1S/C15H24N2O2S/c1-2-20(18,19)15-10-6-5-9-14(15)17-11-12-7-3-4-8-13(12)16/h5-6,9-10,12-13,17H,2-4,7-8,11,16H2,1H3. The van der Waals surface area contributed by atoms with Gasteiger partial charge in [0.1, 0.15) is 0 Å². The van der Waals surface area contributed by atoms with Crippen LogP contribution in [0.3, 0.4) is 0 Å². The average molecular weight is 296 g/mol. The lowest BCUT2D eigenvalue weighted by Crippen LogP contribution is -2.37. The predicted molar refractivity (Wildman–Crippen MR) is 82.6 cm³/mol. The number of benzene rings is 1. The van der Waals surface area contributed by atoms with Crippen molar-refractivity contribution in [3.63, 3.8) is 0 Å². The first-order chi connectivity index (χ1) is 9.54. The molecule has 1 aliphatic rings. The quantitative estimate of drug-likeness (QED) is 0.875. The number of nitrogens with one attached hydrogen (secondary N) is 1. The fourth-order valence-corrected chi connectivity index (χ4v) is 3.84. The lowest BCUT2D eigenvalue weighted by atomic mass is 9.85. The minimum Gasteiger partial charge on any atom is -0.384 e. The maximum Gasteiger partial charge on any atom is 0.180 e. The van der Waals surface area contributed by atoms with Gasteiger partial charge in [-0.05, 0) is 30.9 Å². The van der Waals surface area contributed by atoms with Gasteiger partial charge in [-0.2, -0.15) is 0 Å². The van der Waals surface area contributed by atoms with Crippen LogP contribution >= 0.6 is 0 Å². The van der Waals surface area contributed by atoms with Gasteiger partial charge in [-0.15, -0.1) is 0 Å². The van der Waals surface area contributed by atoms with Crippen molar-refractivity contribution in [2.75, 3.05) is 17.6 Å². The van der Waals surface area contributed by atoms with E-state index in [0.29, 0.717) is 16.5 Å². The maximum atomic E-state index is 12.1. The highest BCUT2D eigenvalue weighted by molar-refractivity contribution is 7.91. The summed E-state index contributed by atoms with van der Waals surface area (Å²) in [7, 11) is -3.19. The topological polar surface area (TPSA) is 72.2 Å². The van der Waals surface area contributed by atoms with E-state index in [-0.39, 0.29) is 11.8 Å². The Morgan fingerprint density at radius 2 is 1.95 bits per heavy atom. The second-order valence-electron chi connectivity index (χ2n) is 5.49. The highest BCUT2D eigenvalue weighted by atomic mass is 32.2. The molecular weight excluding hydrogens is 272 g/mol. The van der Waals surface area contributed by atoms with E-state index < -0.39 is 9.84 Å². The lowest BCUT2D eigenvalue weighted by Gasteiger charge is -2.29. The zero-order valence-corrected chi connectivity index (χ0v) is 12.8. The maximum absolute atomic E-state index is 12.1. The molecule has 112 valence electrons. The number of sulfone groups is 1. The zero-order chi connectivity index (χ0) is 14.6. The van der Waals surface area contributed by atoms with Gasteiger partial charge in [0, 0.05) is 12.6 Å². The normalized spacial score (nSPS) is 23.5. The molecule has 0 saturated heterocycles. The van der Waals surface area contributed by atoms with E-state index in [2.05, 4.69) is 5.32 Å². The molecule has 20 heavy (non-hydrogen) atoms. The predicted octanol–water partition coefficient (Wildman–Crippen LogP) is 2.41. The van der Waals surface area contributed by atoms with Crippen LogP contribution in [0, 0.1) is 5.92 Å². The molecule has 1 fully saturated rings. The Morgan fingerprint density at radius 3 is 2.65 bits per heavy atom.